The third-order valence-corrected chi connectivity index (χ3v) is 6.42. The van der Waals surface area contributed by atoms with Crippen LogP contribution < -0.4 is 15.4 Å². The predicted octanol–water partition coefficient (Wildman–Crippen LogP) is 7.31. The van der Waals surface area contributed by atoms with E-state index in [0.29, 0.717) is 17.4 Å². The summed E-state index contributed by atoms with van der Waals surface area (Å²) in [7, 11) is 0. The molecule has 4 rings (SSSR count). The van der Waals surface area contributed by atoms with E-state index in [1.54, 1.807) is 24.3 Å². The third-order valence-electron chi connectivity index (χ3n) is 6.22. The molecule has 0 aliphatic carbocycles. The number of fused-ring (bicyclic) bond motifs is 1. The highest BCUT2D eigenvalue weighted by Crippen LogP contribution is 2.29. The van der Waals surface area contributed by atoms with E-state index in [4.69, 9.17) is 26.4 Å². The van der Waals surface area contributed by atoms with E-state index in [9.17, 15) is 4.79 Å². The molecule has 0 unspecified atom stereocenters. The lowest BCUT2D eigenvalue weighted by Crippen LogP contribution is -2.34. The molecule has 7 heteroatoms. The van der Waals surface area contributed by atoms with Crippen LogP contribution in [0.5, 0.6) is 5.75 Å². The summed E-state index contributed by atoms with van der Waals surface area (Å²) in [6, 6.07) is 20.7. The van der Waals surface area contributed by atoms with Gasteiger partial charge in [-0.2, -0.15) is 0 Å². The van der Waals surface area contributed by atoms with Crippen molar-refractivity contribution in [2.24, 2.45) is 0 Å². The first-order chi connectivity index (χ1) is 17.4. The molecule has 0 radical (unpaired) electrons. The van der Waals surface area contributed by atoms with Crippen molar-refractivity contribution in [1.82, 2.24) is 10.3 Å². The van der Waals surface area contributed by atoms with Gasteiger partial charge in [0.25, 0.3) is 5.91 Å². The summed E-state index contributed by atoms with van der Waals surface area (Å²) in [5, 5.41) is 5.99. The number of ether oxygens (including phenoxy) is 1. The highest BCUT2D eigenvalue weighted by atomic mass is 32.1. The summed E-state index contributed by atoms with van der Waals surface area (Å²) in [6.07, 6.45) is 2.10. The fourth-order valence-corrected chi connectivity index (χ4v) is 3.89. The number of thiocarbonyl (C=S) groups is 1. The molecule has 2 N–H and O–H groups in total. The minimum absolute atomic E-state index is 0.120. The summed E-state index contributed by atoms with van der Waals surface area (Å²) in [5.74, 6) is 1.43. The number of hydrogen-bond acceptors (Lipinski definition) is 5. The van der Waals surface area contributed by atoms with Gasteiger partial charge < -0.3 is 14.5 Å². The quantitative estimate of drug-likeness (QED) is 0.247. The highest BCUT2D eigenvalue weighted by Gasteiger charge is 2.13. The predicted molar refractivity (Wildman–Crippen MR) is 149 cm³/mol. The van der Waals surface area contributed by atoms with Crippen LogP contribution in [0, 0.1) is 0 Å². The number of nitrogens with zero attached hydrogens (tertiary/aromatic N) is 1. The van der Waals surface area contributed by atoms with Gasteiger partial charge in [-0.05, 0) is 98.1 Å². The van der Waals surface area contributed by atoms with Crippen LogP contribution in [0.25, 0.3) is 22.6 Å². The Hall–Kier alpha value is -3.71. The summed E-state index contributed by atoms with van der Waals surface area (Å²) < 4.78 is 11.8. The number of carbonyl (C=O) groups is 1. The van der Waals surface area contributed by atoms with E-state index >= 15 is 0 Å². The van der Waals surface area contributed by atoms with Gasteiger partial charge in [-0.3, -0.25) is 10.1 Å². The minimum atomic E-state index is -0.296. The first-order valence-corrected chi connectivity index (χ1v) is 12.7. The van der Waals surface area contributed by atoms with Gasteiger partial charge in [-0.15, -0.1) is 0 Å². The normalized spacial score (nSPS) is 12.7. The number of nitrogens with one attached hydrogen (secondary N) is 2. The maximum Gasteiger partial charge on any atom is 0.257 e. The summed E-state index contributed by atoms with van der Waals surface area (Å²) in [5.41, 5.74) is 4.86. The van der Waals surface area contributed by atoms with Gasteiger partial charge in [0.05, 0.1) is 6.10 Å². The molecule has 0 saturated carbocycles. The van der Waals surface area contributed by atoms with E-state index in [1.807, 2.05) is 37.3 Å². The van der Waals surface area contributed by atoms with E-state index in [1.165, 1.54) is 5.56 Å². The van der Waals surface area contributed by atoms with Crippen molar-refractivity contribution in [3.8, 4) is 17.2 Å². The molecule has 1 heterocycles. The monoisotopic (exact) mass is 501 g/mol. The molecule has 36 heavy (non-hydrogen) atoms. The zero-order chi connectivity index (χ0) is 25.7. The number of carbonyl (C=O) groups excluding carboxylic acids is 1. The fourth-order valence-electron chi connectivity index (χ4n) is 3.68. The van der Waals surface area contributed by atoms with Gasteiger partial charge in [-0.25, -0.2) is 4.98 Å². The van der Waals surface area contributed by atoms with Crippen LogP contribution in [0.2, 0.25) is 0 Å². The molecule has 0 aliphatic heterocycles. The molecule has 3 aromatic carbocycles. The Morgan fingerprint density at radius 2 is 1.81 bits per heavy atom. The highest BCUT2D eigenvalue weighted by molar-refractivity contribution is 7.80. The number of aromatic nitrogens is 1. The second-order valence-corrected chi connectivity index (χ2v) is 9.31. The maximum atomic E-state index is 12.6. The van der Waals surface area contributed by atoms with Crippen molar-refractivity contribution in [3.63, 3.8) is 0 Å². The van der Waals surface area contributed by atoms with Crippen molar-refractivity contribution in [2.45, 2.75) is 52.6 Å². The molecule has 2 atom stereocenters. The van der Waals surface area contributed by atoms with Gasteiger partial charge in [-0.1, -0.05) is 32.9 Å². The molecular formula is C29H31N3O3S. The molecule has 186 valence electrons. The summed E-state index contributed by atoms with van der Waals surface area (Å²) in [6.45, 7) is 8.45. The van der Waals surface area contributed by atoms with E-state index in [2.05, 4.69) is 43.5 Å². The second kappa shape index (κ2) is 11.4. The lowest BCUT2D eigenvalue weighted by molar-refractivity contribution is 0.0977. The molecule has 1 amide bonds. The summed E-state index contributed by atoms with van der Waals surface area (Å²) >= 11 is 5.37. The van der Waals surface area contributed by atoms with Gasteiger partial charge in [0.2, 0.25) is 5.89 Å². The molecule has 6 nitrogen and oxygen atoms in total. The largest absolute Gasteiger partial charge is 0.491 e. The van der Waals surface area contributed by atoms with Gasteiger partial charge in [0.1, 0.15) is 11.3 Å². The van der Waals surface area contributed by atoms with Gasteiger partial charge in [0.15, 0.2) is 10.7 Å². The average molecular weight is 502 g/mol. The Morgan fingerprint density at radius 3 is 2.53 bits per heavy atom. The number of amides is 1. The molecule has 1 aromatic heterocycles. The van der Waals surface area contributed by atoms with E-state index < -0.39 is 0 Å². The fraction of sp³-hybridized carbons (Fsp3) is 0.276. The molecule has 0 bridgehead atoms. The zero-order valence-electron chi connectivity index (χ0n) is 21.0. The molecular weight excluding hydrogens is 470 g/mol. The zero-order valence-corrected chi connectivity index (χ0v) is 21.8. The number of benzene rings is 3. The SMILES string of the molecule is CC[C@@H](C)Oc1ccc(C(=O)NC(=S)Nc2cccc(-c3nc4cc([C@H](C)CC)ccc4o3)c2)cc1. The number of rotatable bonds is 8. The molecule has 4 aromatic rings. The Morgan fingerprint density at radius 1 is 1.03 bits per heavy atom. The van der Waals surface area contributed by atoms with E-state index in [-0.39, 0.29) is 17.1 Å². The van der Waals surface area contributed by atoms with Crippen LogP contribution >= 0.6 is 12.2 Å². The minimum Gasteiger partial charge on any atom is -0.491 e. The number of anilines is 1. The third kappa shape index (κ3) is 6.10. The lowest BCUT2D eigenvalue weighted by Gasteiger charge is -2.13. The lowest BCUT2D eigenvalue weighted by atomic mass is 9.98. The van der Waals surface area contributed by atoms with Crippen LogP contribution in [0.4, 0.5) is 5.69 Å². The average Bonchev–Trinajstić information content (AvgIpc) is 3.32. The standard InChI is InChI=1S/C29H31N3O3S/c1-5-18(3)21-12-15-26-25(17-21)31-28(35-26)22-8-7-9-23(16-22)30-29(36)32-27(33)20-10-13-24(14-11-20)34-19(4)6-2/h7-19H,5-6H2,1-4H3,(H2,30,32,33,36)/t18-,19-/m1/s1. The topological polar surface area (TPSA) is 76.4 Å². The van der Waals surface area contributed by atoms with Crippen molar-refractivity contribution >= 4 is 40.0 Å². The van der Waals surface area contributed by atoms with Crippen molar-refractivity contribution in [3.05, 3.63) is 77.9 Å². The molecule has 0 fully saturated rings. The number of hydrogen-bond donors (Lipinski definition) is 2. The van der Waals surface area contributed by atoms with Crippen LogP contribution in [0.15, 0.2) is 71.1 Å². The molecule has 0 saturated heterocycles. The first kappa shape index (κ1) is 25.4. The molecule has 0 aliphatic rings. The van der Waals surface area contributed by atoms with Crippen molar-refractivity contribution in [2.75, 3.05) is 5.32 Å². The molecule has 0 spiro atoms. The Kier molecular flexibility index (Phi) is 8.00. The van der Waals surface area contributed by atoms with E-state index in [0.717, 1.165) is 40.9 Å². The second-order valence-electron chi connectivity index (χ2n) is 8.91. The van der Waals surface area contributed by atoms with Crippen LogP contribution in [-0.2, 0) is 0 Å². The van der Waals surface area contributed by atoms with Crippen LogP contribution in [-0.4, -0.2) is 22.1 Å². The maximum absolute atomic E-state index is 12.6. The first-order valence-electron chi connectivity index (χ1n) is 12.3. The van der Waals surface area contributed by atoms with Crippen LogP contribution in [0.3, 0.4) is 0 Å². The smallest absolute Gasteiger partial charge is 0.257 e. The summed E-state index contributed by atoms with van der Waals surface area (Å²) in [4.78, 5) is 17.3. The van der Waals surface area contributed by atoms with Gasteiger partial charge >= 0.3 is 0 Å². The van der Waals surface area contributed by atoms with Crippen molar-refractivity contribution in [1.29, 1.82) is 0 Å². The van der Waals surface area contributed by atoms with Crippen LogP contribution in [0.1, 0.15) is 62.4 Å². The Bertz CT molecular complexity index is 1360. The Labute approximate surface area is 217 Å². The Balaban J connectivity index is 1.41. The van der Waals surface area contributed by atoms with Gasteiger partial charge in [0, 0.05) is 16.8 Å². The number of oxazole rings is 1. The van der Waals surface area contributed by atoms with Crippen molar-refractivity contribution < 1.29 is 13.9 Å².